The lowest BCUT2D eigenvalue weighted by molar-refractivity contribution is 0.669. The third-order valence-electron chi connectivity index (χ3n) is 9.10. The molecule has 3 heterocycles. The van der Waals surface area contributed by atoms with Crippen LogP contribution in [0, 0.1) is 0 Å². The van der Waals surface area contributed by atoms with Crippen LogP contribution in [-0.4, -0.2) is 15.0 Å². The van der Waals surface area contributed by atoms with Gasteiger partial charge >= 0.3 is 0 Å². The number of hydrogen-bond acceptors (Lipinski definition) is 5. The zero-order valence-electron chi connectivity index (χ0n) is 25.6. The Morgan fingerprint density at radius 2 is 1.04 bits per heavy atom. The maximum atomic E-state index is 6.14. The predicted octanol–water partition coefficient (Wildman–Crippen LogP) is 12.0. The van der Waals surface area contributed by atoms with E-state index in [1.54, 1.807) is 11.3 Å². The van der Waals surface area contributed by atoms with Gasteiger partial charge < -0.3 is 4.42 Å². The van der Waals surface area contributed by atoms with Crippen LogP contribution in [-0.2, 0) is 0 Å². The fraction of sp³-hybridized carbons (Fsp3) is 0. The minimum Gasteiger partial charge on any atom is -0.456 e. The van der Waals surface area contributed by atoms with E-state index in [9.17, 15) is 0 Å². The van der Waals surface area contributed by atoms with Crippen LogP contribution in [0.5, 0.6) is 0 Å². The number of benzene rings is 7. The summed E-state index contributed by atoms with van der Waals surface area (Å²) in [6.07, 6.45) is 0. The summed E-state index contributed by atoms with van der Waals surface area (Å²) in [4.78, 5) is 15.5. The lowest BCUT2D eigenvalue weighted by atomic mass is 9.97. The van der Waals surface area contributed by atoms with E-state index in [4.69, 9.17) is 19.4 Å². The van der Waals surface area contributed by atoms with Gasteiger partial charge in [-0.1, -0.05) is 103 Å². The fourth-order valence-corrected chi connectivity index (χ4v) is 7.96. The van der Waals surface area contributed by atoms with Gasteiger partial charge in [0, 0.05) is 47.6 Å². The molecule has 0 aliphatic rings. The summed E-state index contributed by atoms with van der Waals surface area (Å²) in [6, 6.07) is 52.8. The number of fused-ring (bicyclic) bond motifs is 7. The zero-order valence-corrected chi connectivity index (χ0v) is 26.4. The molecule has 0 unspecified atom stereocenters. The molecule has 0 spiro atoms. The largest absolute Gasteiger partial charge is 0.456 e. The predicted molar refractivity (Wildman–Crippen MR) is 199 cm³/mol. The number of furan rings is 1. The molecule has 0 saturated heterocycles. The fourth-order valence-electron chi connectivity index (χ4n) is 6.79. The topological polar surface area (TPSA) is 51.8 Å². The van der Waals surface area contributed by atoms with Crippen molar-refractivity contribution in [3.05, 3.63) is 152 Å². The average Bonchev–Trinajstić information content (AvgIpc) is 3.72. The smallest absolute Gasteiger partial charge is 0.164 e. The first-order chi connectivity index (χ1) is 23.7. The van der Waals surface area contributed by atoms with E-state index < -0.39 is 0 Å². The van der Waals surface area contributed by atoms with Crippen molar-refractivity contribution in [1.29, 1.82) is 0 Å². The van der Waals surface area contributed by atoms with Crippen molar-refractivity contribution in [2.24, 2.45) is 0 Å². The minimum atomic E-state index is 0.619. The first kappa shape index (κ1) is 27.0. The Morgan fingerprint density at radius 1 is 0.396 bits per heavy atom. The number of para-hydroxylation sites is 1. The van der Waals surface area contributed by atoms with E-state index in [1.165, 1.54) is 31.1 Å². The van der Waals surface area contributed by atoms with Gasteiger partial charge in [0.2, 0.25) is 0 Å². The van der Waals surface area contributed by atoms with Crippen LogP contribution < -0.4 is 0 Å². The van der Waals surface area contributed by atoms with E-state index in [2.05, 4.69) is 121 Å². The highest BCUT2D eigenvalue weighted by molar-refractivity contribution is 7.26. The Bertz CT molecular complexity index is 2850. The Morgan fingerprint density at radius 3 is 1.90 bits per heavy atom. The van der Waals surface area contributed by atoms with E-state index >= 15 is 0 Å². The molecule has 0 amide bonds. The third-order valence-corrected chi connectivity index (χ3v) is 10.2. The van der Waals surface area contributed by atoms with Crippen molar-refractivity contribution in [1.82, 2.24) is 15.0 Å². The van der Waals surface area contributed by atoms with Crippen molar-refractivity contribution >= 4 is 64.2 Å². The Labute approximate surface area is 279 Å². The van der Waals surface area contributed by atoms with Gasteiger partial charge in [0.1, 0.15) is 11.2 Å². The quantitative estimate of drug-likeness (QED) is 0.194. The summed E-state index contributed by atoms with van der Waals surface area (Å²) in [5.41, 5.74) is 6.84. The molecule has 0 bridgehead atoms. The molecule has 48 heavy (non-hydrogen) atoms. The van der Waals surface area contributed by atoms with E-state index in [0.29, 0.717) is 17.5 Å². The SMILES string of the molecule is c1ccc(-c2cc(-c3nc(-c4ccc5ccccc5c4)nc(-c4ccc5oc6ccccc6c5c4)n3)cc3sc4ccccc4c23)cc1. The molecular formula is C43H25N3OS. The molecule has 0 fully saturated rings. The van der Waals surface area contributed by atoms with Crippen LogP contribution >= 0.6 is 11.3 Å². The second-order valence-electron chi connectivity index (χ2n) is 12.0. The molecule has 0 aliphatic heterocycles. The summed E-state index contributed by atoms with van der Waals surface area (Å²) in [5.74, 6) is 1.89. The second kappa shape index (κ2) is 10.7. The maximum absolute atomic E-state index is 6.14. The van der Waals surface area contributed by atoms with Gasteiger partial charge in [-0.15, -0.1) is 11.3 Å². The summed E-state index contributed by atoms with van der Waals surface area (Å²) >= 11 is 1.80. The second-order valence-corrected chi connectivity index (χ2v) is 13.1. The van der Waals surface area contributed by atoms with Gasteiger partial charge in [-0.2, -0.15) is 0 Å². The molecule has 224 valence electrons. The standard InChI is InChI=1S/C43H25N3OS/c1-2-11-27(12-3-1)34-24-31(25-39-40(34)33-15-7-9-17-38(33)48-39)43-45-41(29-19-18-26-10-4-5-13-28(26)22-29)44-42(46-43)30-20-21-37-35(23-30)32-14-6-8-16-36(32)47-37/h1-25H. The Balaban J connectivity index is 1.24. The van der Waals surface area contributed by atoms with Crippen LogP contribution in [0.4, 0.5) is 0 Å². The van der Waals surface area contributed by atoms with Gasteiger partial charge in [0.15, 0.2) is 17.5 Å². The molecular weight excluding hydrogens is 607 g/mol. The molecule has 0 saturated carbocycles. The normalized spacial score (nSPS) is 11.8. The summed E-state index contributed by atoms with van der Waals surface area (Å²) in [6.45, 7) is 0. The first-order valence-corrected chi connectivity index (χ1v) is 16.7. The van der Waals surface area contributed by atoms with Crippen molar-refractivity contribution in [3.8, 4) is 45.3 Å². The minimum absolute atomic E-state index is 0.619. The monoisotopic (exact) mass is 631 g/mol. The van der Waals surface area contributed by atoms with E-state index in [0.717, 1.165) is 49.6 Å². The zero-order chi connectivity index (χ0) is 31.6. The number of nitrogens with zero attached hydrogens (tertiary/aromatic N) is 3. The van der Waals surface area contributed by atoms with Crippen LogP contribution in [0.2, 0.25) is 0 Å². The molecule has 10 aromatic rings. The molecule has 4 nitrogen and oxygen atoms in total. The molecule has 0 aliphatic carbocycles. The van der Waals surface area contributed by atoms with Gasteiger partial charge in [0.05, 0.1) is 0 Å². The molecule has 7 aromatic carbocycles. The lowest BCUT2D eigenvalue weighted by Gasteiger charge is -2.12. The van der Waals surface area contributed by atoms with Crippen molar-refractivity contribution < 1.29 is 4.42 Å². The summed E-state index contributed by atoms with van der Waals surface area (Å²) in [5, 5.41) is 6.94. The molecule has 10 rings (SSSR count). The summed E-state index contributed by atoms with van der Waals surface area (Å²) in [7, 11) is 0. The van der Waals surface area contributed by atoms with Gasteiger partial charge in [-0.25, -0.2) is 15.0 Å². The van der Waals surface area contributed by atoms with Crippen molar-refractivity contribution in [2.45, 2.75) is 0 Å². The van der Waals surface area contributed by atoms with Gasteiger partial charge in [-0.05, 0) is 70.4 Å². The highest BCUT2D eigenvalue weighted by Gasteiger charge is 2.18. The highest BCUT2D eigenvalue weighted by Crippen LogP contribution is 2.43. The number of aromatic nitrogens is 3. The molecule has 5 heteroatoms. The highest BCUT2D eigenvalue weighted by atomic mass is 32.1. The Hall–Kier alpha value is -6.17. The van der Waals surface area contributed by atoms with Crippen LogP contribution in [0.15, 0.2) is 156 Å². The molecule has 3 aromatic heterocycles. The van der Waals surface area contributed by atoms with Crippen LogP contribution in [0.3, 0.4) is 0 Å². The number of thiophene rings is 1. The van der Waals surface area contributed by atoms with Gasteiger partial charge in [0.25, 0.3) is 0 Å². The molecule has 0 N–H and O–H groups in total. The van der Waals surface area contributed by atoms with E-state index in [-0.39, 0.29) is 0 Å². The molecule has 0 radical (unpaired) electrons. The van der Waals surface area contributed by atoms with Crippen LogP contribution in [0.25, 0.3) is 98.2 Å². The molecule has 0 atom stereocenters. The van der Waals surface area contributed by atoms with Crippen molar-refractivity contribution in [3.63, 3.8) is 0 Å². The van der Waals surface area contributed by atoms with E-state index in [1.807, 2.05) is 30.3 Å². The number of rotatable bonds is 4. The van der Waals surface area contributed by atoms with Gasteiger partial charge in [-0.3, -0.25) is 0 Å². The first-order valence-electron chi connectivity index (χ1n) is 15.9. The third kappa shape index (κ3) is 4.40. The number of hydrogen-bond donors (Lipinski definition) is 0. The Kier molecular flexibility index (Phi) is 6.01. The van der Waals surface area contributed by atoms with Crippen molar-refractivity contribution in [2.75, 3.05) is 0 Å². The van der Waals surface area contributed by atoms with Crippen LogP contribution in [0.1, 0.15) is 0 Å². The average molecular weight is 632 g/mol. The maximum Gasteiger partial charge on any atom is 0.164 e. The summed E-state index contributed by atoms with van der Waals surface area (Å²) < 4.78 is 8.60. The lowest BCUT2D eigenvalue weighted by Crippen LogP contribution is -2.00.